The largest absolute Gasteiger partial charge is 0.497 e. The third kappa shape index (κ3) is 5.51. The van der Waals surface area contributed by atoms with Gasteiger partial charge in [-0.05, 0) is 48.7 Å². The molecule has 1 N–H and O–H groups in total. The first-order valence-electron chi connectivity index (χ1n) is 15.5. The number of hydrogen-bond donors (Lipinski definition) is 1. The summed E-state index contributed by atoms with van der Waals surface area (Å²) in [5.41, 5.74) is 0.00927. The highest BCUT2D eigenvalue weighted by Crippen LogP contribution is 2.61. The number of anilines is 2. The van der Waals surface area contributed by atoms with Crippen LogP contribution in [0.1, 0.15) is 26.7 Å². The number of benzene rings is 2. The van der Waals surface area contributed by atoms with Crippen molar-refractivity contribution >= 4 is 45.0 Å². The van der Waals surface area contributed by atoms with E-state index in [9.17, 15) is 19.5 Å². The van der Waals surface area contributed by atoms with E-state index >= 15 is 0 Å². The van der Waals surface area contributed by atoms with Crippen molar-refractivity contribution in [2.24, 2.45) is 17.8 Å². The van der Waals surface area contributed by atoms with Gasteiger partial charge in [-0.1, -0.05) is 66.5 Å². The number of aliphatic hydroxyl groups is 1. The second-order valence-electron chi connectivity index (χ2n) is 12.1. The van der Waals surface area contributed by atoms with Crippen LogP contribution in [0.2, 0.25) is 0 Å². The normalized spacial score (nSPS) is 27.9. The zero-order valence-corrected chi connectivity index (χ0v) is 27.6. The molecule has 8 atom stereocenters. The third-order valence-electron chi connectivity index (χ3n) is 9.70. The highest BCUT2D eigenvalue weighted by atomic mass is 79.9. The van der Waals surface area contributed by atoms with Gasteiger partial charge in [0.25, 0.3) is 5.91 Å². The summed E-state index contributed by atoms with van der Waals surface area (Å²) in [4.78, 5) is 48.7. The Morgan fingerprint density at radius 3 is 2.24 bits per heavy atom. The van der Waals surface area contributed by atoms with Gasteiger partial charge in [-0.25, -0.2) is 0 Å². The van der Waals surface area contributed by atoms with Crippen molar-refractivity contribution in [3.8, 4) is 5.75 Å². The van der Waals surface area contributed by atoms with Crippen molar-refractivity contribution in [1.82, 2.24) is 4.90 Å². The lowest BCUT2D eigenvalue weighted by atomic mass is 9.70. The zero-order chi connectivity index (χ0) is 32.5. The number of para-hydroxylation sites is 1. The molecule has 0 aromatic heterocycles. The summed E-state index contributed by atoms with van der Waals surface area (Å²) in [5, 5.41) is 10.7. The van der Waals surface area contributed by atoms with Crippen molar-refractivity contribution in [2.45, 2.75) is 55.3 Å². The molecule has 0 aliphatic carbocycles. The topological polar surface area (TPSA) is 99.6 Å². The summed E-state index contributed by atoms with van der Waals surface area (Å²) in [6.07, 6.45) is 3.71. The maximum absolute atomic E-state index is 14.9. The fourth-order valence-electron chi connectivity index (χ4n) is 7.40. The number of nitrogens with zero attached hydrogens (tertiary/aromatic N) is 3. The maximum Gasteiger partial charge on any atom is 0.253 e. The molecule has 3 unspecified atom stereocenters. The summed E-state index contributed by atoms with van der Waals surface area (Å²) >= 11 is 3.77. The molecule has 2 aromatic rings. The summed E-state index contributed by atoms with van der Waals surface area (Å²) in [5.74, 6) is -2.18. The number of halogens is 1. The van der Waals surface area contributed by atoms with Crippen LogP contribution in [0.4, 0.5) is 11.4 Å². The number of aliphatic hydroxyl groups excluding tert-OH is 1. The van der Waals surface area contributed by atoms with Gasteiger partial charge in [0, 0.05) is 29.3 Å². The van der Waals surface area contributed by atoms with Crippen LogP contribution >= 0.6 is 15.9 Å². The van der Waals surface area contributed by atoms with Gasteiger partial charge in [-0.3, -0.25) is 14.4 Å². The standard InChI is InChI=1S/C35H42BrN3O6/c1-6-18-37(23-12-10-9-11-13-23)32(41)28-29-33(42)39(27(21-40)22(4)8-3)31(35(29)20-26(36)30(28)45-35)34(43)38(19-7-2)24-14-16-25(44-5)17-15-24/h6-7,9-17,22,26-31,40H,1-2,8,18-21H2,3-5H3/t22-,26?,27-,28-,29-,30-,31?,35?/m0/s1. The predicted molar refractivity (Wildman–Crippen MR) is 177 cm³/mol. The van der Waals surface area contributed by atoms with E-state index in [0.29, 0.717) is 30.0 Å². The van der Waals surface area contributed by atoms with Crippen LogP contribution < -0.4 is 14.5 Å². The number of fused-ring (bicyclic) bond motifs is 1. The number of hydrogen-bond acceptors (Lipinski definition) is 6. The number of carbonyl (C=O) groups is 3. The third-order valence-corrected chi connectivity index (χ3v) is 10.5. The molecular formula is C35H42BrN3O6. The number of likely N-dealkylation sites (tertiary alicyclic amines) is 1. The van der Waals surface area contributed by atoms with Crippen LogP contribution in [0.15, 0.2) is 79.9 Å². The van der Waals surface area contributed by atoms with Gasteiger partial charge >= 0.3 is 0 Å². The Morgan fingerprint density at radius 2 is 1.69 bits per heavy atom. The molecule has 45 heavy (non-hydrogen) atoms. The second-order valence-corrected chi connectivity index (χ2v) is 13.2. The van der Waals surface area contributed by atoms with Gasteiger partial charge in [-0.2, -0.15) is 0 Å². The fraction of sp³-hybridized carbons (Fsp3) is 0.457. The Balaban J connectivity index is 1.63. The number of carbonyl (C=O) groups excluding carboxylic acids is 3. The molecule has 2 bridgehead atoms. The van der Waals surface area contributed by atoms with Gasteiger partial charge in [0.05, 0.1) is 37.7 Å². The molecule has 0 radical (unpaired) electrons. The highest BCUT2D eigenvalue weighted by molar-refractivity contribution is 9.09. The van der Waals surface area contributed by atoms with Gasteiger partial charge in [0.2, 0.25) is 11.8 Å². The molecule has 2 aromatic carbocycles. The maximum atomic E-state index is 14.9. The molecule has 3 amide bonds. The highest BCUT2D eigenvalue weighted by Gasteiger charge is 2.77. The molecule has 240 valence electrons. The quantitative estimate of drug-likeness (QED) is 0.246. The van der Waals surface area contributed by atoms with E-state index in [1.54, 1.807) is 58.2 Å². The van der Waals surface area contributed by atoms with Crippen LogP contribution in [-0.4, -0.2) is 83.2 Å². The van der Waals surface area contributed by atoms with E-state index in [1.165, 1.54) is 0 Å². The Labute approximate surface area is 273 Å². The van der Waals surface area contributed by atoms with Crippen molar-refractivity contribution < 1.29 is 29.0 Å². The first-order chi connectivity index (χ1) is 21.7. The van der Waals surface area contributed by atoms with Crippen LogP contribution in [0.3, 0.4) is 0 Å². The molecule has 5 rings (SSSR count). The first kappa shape index (κ1) is 32.9. The average molecular weight is 681 g/mol. The van der Waals surface area contributed by atoms with Gasteiger partial charge in [0.15, 0.2) is 0 Å². The summed E-state index contributed by atoms with van der Waals surface area (Å²) in [6.45, 7) is 11.8. The fourth-order valence-corrected chi connectivity index (χ4v) is 8.34. The number of ether oxygens (including phenoxy) is 2. The number of alkyl halides is 1. The van der Waals surface area contributed by atoms with Gasteiger partial charge < -0.3 is 29.3 Å². The summed E-state index contributed by atoms with van der Waals surface area (Å²) in [6, 6.07) is 14.7. The average Bonchev–Trinajstić information content (AvgIpc) is 3.66. The Kier molecular flexibility index (Phi) is 9.86. The smallest absolute Gasteiger partial charge is 0.253 e. The van der Waals surface area contributed by atoms with Crippen molar-refractivity contribution in [3.63, 3.8) is 0 Å². The Morgan fingerprint density at radius 1 is 1.09 bits per heavy atom. The molecule has 3 fully saturated rings. The van der Waals surface area contributed by atoms with Crippen LogP contribution in [0, 0.1) is 17.8 Å². The lowest BCUT2D eigenvalue weighted by Gasteiger charge is -2.41. The zero-order valence-electron chi connectivity index (χ0n) is 26.1. The van der Waals surface area contributed by atoms with E-state index < -0.39 is 35.6 Å². The molecule has 3 aliphatic rings. The van der Waals surface area contributed by atoms with Crippen molar-refractivity contribution in [2.75, 3.05) is 36.6 Å². The summed E-state index contributed by atoms with van der Waals surface area (Å²) in [7, 11) is 1.57. The molecule has 1 spiro atoms. The number of amides is 3. The molecule has 10 heteroatoms. The van der Waals surface area contributed by atoms with Crippen LogP contribution in [0.25, 0.3) is 0 Å². The first-order valence-corrected chi connectivity index (χ1v) is 16.4. The minimum atomic E-state index is -1.28. The minimum absolute atomic E-state index is 0.119. The van der Waals surface area contributed by atoms with Gasteiger partial charge in [-0.15, -0.1) is 13.2 Å². The van der Waals surface area contributed by atoms with E-state index in [1.807, 2.05) is 44.2 Å². The summed E-state index contributed by atoms with van der Waals surface area (Å²) < 4.78 is 12.1. The van der Waals surface area contributed by atoms with Crippen LogP contribution in [-0.2, 0) is 19.1 Å². The second kappa shape index (κ2) is 13.5. The number of rotatable bonds is 13. The SMILES string of the molecule is C=CCN(C(=O)C1N([C@@H](CO)[C@@H](C)CC)C(=O)[C@@H]2[C@H](C(=O)N(CC=C)c3ccccc3)[C@H]3OC12CC3Br)c1ccc(OC)cc1. The predicted octanol–water partition coefficient (Wildman–Crippen LogP) is 4.59. The van der Waals surface area contributed by atoms with Crippen molar-refractivity contribution in [1.29, 1.82) is 0 Å². The molecule has 3 heterocycles. The molecule has 0 saturated carbocycles. The van der Waals surface area contributed by atoms with E-state index in [-0.39, 0.29) is 48.2 Å². The molecule has 3 saturated heterocycles. The lowest BCUT2D eigenvalue weighted by Crippen LogP contribution is -2.60. The Bertz CT molecular complexity index is 1420. The van der Waals surface area contributed by atoms with E-state index in [4.69, 9.17) is 9.47 Å². The molecular weight excluding hydrogens is 638 g/mol. The number of methoxy groups -OCH3 is 1. The molecule has 3 aliphatic heterocycles. The monoisotopic (exact) mass is 679 g/mol. The van der Waals surface area contributed by atoms with E-state index in [0.717, 1.165) is 0 Å². The lowest BCUT2D eigenvalue weighted by molar-refractivity contribution is -0.145. The minimum Gasteiger partial charge on any atom is -0.497 e. The Hall–Kier alpha value is -3.47. The van der Waals surface area contributed by atoms with Gasteiger partial charge in [0.1, 0.15) is 17.4 Å². The van der Waals surface area contributed by atoms with E-state index in [2.05, 4.69) is 29.1 Å². The molecule has 9 nitrogen and oxygen atoms in total. The van der Waals surface area contributed by atoms with Crippen LogP contribution in [0.5, 0.6) is 5.75 Å². The van der Waals surface area contributed by atoms with Crippen molar-refractivity contribution in [3.05, 3.63) is 79.9 Å².